The minimum atomic E-state index is -0.126. The number of hydrogen-bond donors (Lipinski definition) is 1. The zero-order valence-electron chi connectivity index (χ0n) is 19.1. The van der Waals surface area contributed by atoms with Crippen LogP contribution >= 0.6 is 12.4 Å². The van der Waals surface area contributed by atoms with Crippen LogP contribution in [0.5, 0.6) is 5.75 Å². The standard InChI is InChI=1S/C24H32N6O2.ClH/c1-27-14-16-28(17-15-27)19-21-7-9-22(10-8-21)29-20-26-30(24(29)31)13-11-25-12-18-32-23-5-3-2-4-6-23;/h2-10,20,25H,11-19H2,1H3;1H. The summed E-state index contributed by atoms with van der Waals surface area (Å²) in [5.74, 6) is 0.860. The van der Waals surface area contributed by atoms with Crippen molar-refractivity contribution in [3.63, 3.8) is 0 Å². The molecule has 1 aromatic heterocycles. The van der Waals surface area contributed by atoms with Crippen LogP contribution in [0.15, 0.2) is 65.7 Å². The number of nitrogens with one attached hydrogen (secondary N) is 1. The van der Waals surface area contributed by atoms with Crippen molar-refractivity contribution in [2.45, 2.75) is 13.1 Å². The molecule has 4 rings (SSSR count). The number of likely N-dealkylation sites (N-methyl/N-ethyl adjacent to an activating group) is 1. The topological polar surface area (TPSA) is 67.6 Å². The molecule has 0 atom stereocenters. The van der Waals surface area contributed by atoms with Crippen molar-refractivity contribution in [3.05, 3.63) is 77.0 Å². The number of ether oxygens (including phenoxy) is 1. The van der Waals surface area contributed by atoms with E-state index in [1.165, 1.54) is 10.2 Å². The molecule has 0 spiro atoms. The second kappa shape index (κ2) is 12.6. The van der Waals surface area contributed by atoms with E-state index in [9.17, 15) is 4.79 Å². The lowest BCUT2D eigenvalue weighted by atomic mass is 10.2. The van der Waals surface area contributed by atoms with Crippen molar-refractivity contribution in [1.82, 2.24) is 29.5 Å². The fraction of sp³-hybridized carbons (Fsp3) is 0.417. The lowest BCUT2D eigenvalue weighted by molar-refractivity contribution is 0.148. The third kappa shape index (κ3) is 7.17. The molecule has 2 aromatic carbocycles. The minimum absolute atomic E-state index is 0. The van der Waals surface area contributed by atoms with E-state index in [1.807, 2.05) is 42.5 Å². The Labute approximate surface area is 201 Å². The van der Waals surface area contributed by atoms with Gasteiger partial charge < -0.3 is 15.0 Å². The molecule has 1 fully saturated rings. The van der Waals surface area contributed by atoms with Crippen molar-refractivity contribution in [2.24, 2.45) is 0 Å². The predicted molar refractivity (Wildman–Crippen MR) is 133 cm³/mol. The van der Waals surface area contributed by atoms with Crippen LogP contribution in [0, 0.1) is 0 Å². The Morgan fingerprint density at radius 2 is 1.70 bits per heavy atom. The molecule has 33 heavy (non-hydrogen) atoms. The van der Waals surface area contributed by atoms with Crippen LogP contribution in [0.25, 0.3) is 5.69 Å². The second-order valence-corrected chi connectivity index (χ2v) is 8.16. The molecule has 0 aliphatic carbocycles. The van der Waals surface area contributed by atoms with Gasteiger partial charge in [-0.3, -0.25) is 4.90 Å². The lowest BCUT2D eigenvalue weighted by Gasteiger charge is -2.32. The fourth-order valence-electron chi connectivity index (χ4n) is 3.76. The van der Waals surface area contributed by atoms with Crippen molar-refractivity contribution in [1.29, 1.82) is 0 Å². The molecule has 9 heteroatoms. The number of benzene rings is 2. The maximum atomic E-state index is 12.7. The Morgan fingerprint density at radius 3 is 2.42 bits per heavy atom. The smallest absolute Gasteiger partial charge is 0.350 e. The van der Waals surface area contributed by atoms with E-state index in [1.54, 1.807) is 10.9 Å². The summed E-state index contributed by atoms with van der Waals surface area (Å²) in [5.41, 5.74) is 1.98. The Bertz CT molecular complexity index is 1010. The third-order valence-electron chi connectivity index (χ3n) is 5.74. The molecule has 8 nitrogen and oxygen atoms in total. The number of aromatic nitrogens is 3. The van der Waals surface area contributed by atoms with Crippen LogP contribution in [0.1, 0.15) is 5.56 Å². The quantitative estimate of drug-likeness (QED) is 0.454. The summed E-state index contributed by atoms with van der Waals surface area (Å²) in [5, 5.41) is 7.55. The molecule has 1 N–H and O–H groups in total. The number of nitrogens with zero attached hydrogens (tertiary/aromatic N) is 5. The Morgan fingerprint density at radius 1 is 0.970 bits per heavy atom. The van der Waals surface area contributed by atoms with E-state index in [-0.39, 0.29) is 18.1 Å². The SMILES string of the molecule is CN1CCN(Cc2ccc(-n3cnn(CCNCCOc4ccccc4)c3=O)cc2)CC1.Cl. The molecular weight excluding hydrogens is 440 g/mol. The summed E-state index contributed by atoms with van der Waals surface area (Å²) >= 11 is 0. The molecule has 0 unspecified atom stereocenters. The van der Waals surface area contributed by atoms with E-state index in [4.69, 9.17) is 4.74 Å². The first kappa shape index (κ1) is 25.0. The van der Waals surface area contributed by atoms with Gasteiger partial charge in [0.1, 0.15) is 18.7 Å². The third-order valence-corrected chi connectivity index (χ3v) is 5.74. The molecule has 1 saturated heterocycles. The van der Waals surface area contributed by atoms with Gasteiger partial charge in [-0.25, -0.2) is 14.0 Å². The van der Waals surface area contributed by atoms with Gasteiger partial charge in [-0.1, -0.05) is 30.3 Å². The molecule has 0 radical (unpaired) electrons. The second-order valence-electron chi connectivity index (χ2n) is 8.16. The van der Waals surface area contributed by atoms with Crippen LogP contribution in [0.4, 0.5) is 0 Å². The Balaban J connectivity index is 0.00000306. The van der Waals surface area contributed by atoms with Gasteiger partial charge in [0.05, 0.1) is 12.2 Å². The maximum absolute atomic E-state index is 12.7. The Kier molecular flexibility index (Phi) is 9.50. The van der Waals surface area contributed by atoms with Crippen molar-refractivity contribution >= 4 is 12.4 Å². The molecule has 1 aliphatic heterocycles. The summed E-state index contributed by atoms with van der Waals surface area (Å²) in [6.07, 6.45) is 1.59. The average molecular weight is 473 g/mol. The van der Waals surface area contributed by atoms with Gasteiger partial charge in [-0.05, 0) is 36.9 Å². The molecule has 0 saturated carbocycles. The van der Waals surface area contributed by atoms with Crippen LogP contribution in [-0.4, -0.2) is 77.1 Å². The van der Waals surface area contributed by atoms with E-state index in [0.717, 1.165) is 44.2 Å². The number of para-hydroxylation sites is 1. The van der Waals surface area contributed by atoms with E-state index in [2.05, 4.69) is 39.4 Å². The van der Waals surface area contributed by atoms with Gasteiger partial charge in [0.15, 0.2) is 0 Å². The van der Waals surface area contributed by atoms with Crippen LogP contribution in [0.3, 0.4) is 0 Å². The van der Waals surface area contributed by atoms with Gasteiger partial charge >= 0.3 is 5.69 Å². The average Bonchev–Trinajstić information content (AvgIpc) is 3.19. The van der Waals surface area contributed by atoms with Crippen LogP contribution in [-0.2, 0) is 13.1 Å². The molecule has 178 valence electrons. The highest BCUT2D eigenvalue weighted by Gasteiger charge is 2.14. The van der Waals surface area contributed by atoms with Crippen molar-refractivity contribution < 1.29 is 4.74 Å². The normalized spacial score (nSPS) is 14.7. The number of halogens is 1. The van der Waals surface area contributed by atoms with Crippen LogP contribution < -0.4 is 15.7 Å². The van der Waals surface area contributed by atoms with Gasteiger partial charge in [-0.15, -0.1) is 12.4 Å². The highest BCUT2D eigenvalue weighted by molar-refractivity contribution is 5.85. The summed E-state index contributed by atoms with van der Waals surface area (Å²) < 4.78 is 8.73. The molecular formula is C24H33ClN6O2. The van der Waals surface area contributed by atoms with E-state index < -0.39 is 0 Å². The lowest BCUT2D eigenvalue weighted by Crippen LogP contribution is -2.43. The van der Waals surface area contributed by atoms with E-state index in [0.29, 0.717) is 26.2 Å². The van der Waals surface area contributed by atoms with Gasteiger partial charge in [0.25, 0.3) is 0 Å². The monoisotopic (exact) mass is 472 g/mol. The van der Waals surface area contributed by atoms with Crippen molar-refractivity contribution in [3.8, 4) is 11.4 Å². The van der Waals surface area contributed by atoms with E-state index >= 15 is 0 Å². The fourth-order valence-corrected chi connectivity index (χ4v) is 3.76. The molecule has 1 aliphatic rings. The van der Waals surface area contributed by atoms with Crippen molar-refractivity contribution in [2.75, 3.05) is 52.9 Å². The zero-order valence-corrected chi connectivity index (χ0v) is 19.9. The molecule has 0 bridgehead atoms. The number of rotatable bonds is 10. The first-order chi connectivity index (χ1) is 15.7. The van der Waals surface area contributed by atoms with Gasteiger partial charge in [-0.2, -0.15) is 5.10 Å². The molecule has 2 heterocycles. The largest absolute Gasteiger partial charge is 0.492 e. The summed E-state index contributed by atoms with van der Waals surface area (Å²) in [6, 6.07) is 17.9. The first-order valence-corrected chi connectivity index (χ1v) is 11.2. The summed E-state index contributed by atoms with van der Waals surface area (Å²) in [7, 11) is 2.17. The predicted octanol–water partition coefficient (Wildman–Crippen LogP) is 1.87. The van der Waals surface area contributed by atoms with Crippen LogP contribution in [0.2, 0.25) is 0 Å². The highest BCUT2D eigenvalue weighted by Crippen LogP contribution is 2.11. The number of piperazine rings is 1. The summed E-state index contributed by atoms with van der Waals surface area (Å²) in [4.78, 5) is 17.5. The maximum Gasteiger partial charge on any atom is 0.350 e. The zero-order chi connectivity index (χ0) is 22.2. The first-order valence-electron chi connectivity index (χ1n) is 11.2. The number of hydrogen-bond acceptors (Lipinski definition) is 6. The molecule has 3 aromatic rings. The highest BCUT2D eigenvalue weighted by atomic mass is 35.5. The van der Waals surface area contributed by atoms with Gasteiger partial charge in [0.2, 0.25) is 0 Å². The molecule has 0 amide bonds. The summed E-state index contributed by atoms with van der Waals surface area (Å²) in [6.45, 7) is 7.81. The van der Waals surface area contributed by atoms with Gasteiger partial charge in [0, 0.05) is 45.8 Å². The minimum Gasteiger partial charge on any atom is -0.492 e. The Hall–Kier alpha value is -2.65.